The van der Waals surface area contributed by atoms with Crippen LogP contribution in [0.2, 0.25) is 5.02 Å². The Morgan fingerprint density at radius 3 is 2.77 bits per heavy atom. The first kappa shape index (κ1) is 21.4. The highest BCUT2D eigenvalue weighted by molar-refractivity contribution is 7.99. The fraction of sp³-hybridized carbons (Fsp3) is 0.545. The lowest BCUT2D eigenvalue weighted by Crippen LogP contribution is -2.54. The molecule has 0 spiro atoms. The second-order valence-corrected chi connectivity index (χ2v) is 9.42. The van der Waals surface area contributed by atoms with Gasteiger partial charge in [-0.25, -0.2) is 0 Å². The summed E-state index contributed by atoms with van der Waals surface area (Å²) in [5, 5.41) is 9.93. The third-order valence-corrected chi connectivity index (χ3v) is 7.60. The summed E-state index contributed by atoms with van der Waals surface area (Å²) in [7, 11) is 1.74. The van der Waals surface area contributed by atoms with E-state index in [2.05, 4.69) is 14.8 Å². The summed E-state index contributed by atoms with van der Waals surface area (Å²) in [5.41, 5.74) is -0.260. The molecule has 160 valence electrons. The van der Waals surface area contributed by atoms with E-state index in [0.717, 1.165) is 55.2 Å². The van der Waals surface area contributed by atoms with Gasteiger partial charge in [-0.3, -0.25) is 9.59 Å². The molecule has 1 saturated carbocycles. The smallest absolute Gasteiger partial charge is 0.233 e. The van der Waals surface area contributed by atoms with E-state index >= 15 is 0 Å². The number of aromatic nitrogens is 3. The number of benzene rings is 1. The number of nitrogens with zero attached hydrogens (tertiary/aromatic N) is 4. The quantitative estimate of drug-likeness (QED) is 0.642. The fourth-order valence-corrected chi connectivity index (χ4v) is 5.82. The van der Waals surface area contributed by atoms with E-state index in [0.29, 0.717) is 17.9 Å². The number of aryl methyl sites for hydroxylation is 1. The molecule has 0 N–H and O–H groups in total. The van der Waals surface area contributed by atoms with Crippen molar-refractivity contribution in [1.82, 2.24) is 19.7 Å². The second-order valence-electron chi connectivity index (χ2n) is 8.07. The van der Waals surface area contributed by atoms with Crippen LogP contribution in [0.1, 0.15) is 56.3 Å². The van der Waals surface area contributed by atoms with Gasteiger partial charge in [-0.15, -0.1) is 10.2 Å². The lowest BCUT2D eigenvalue weighted by molar-refractivity contribution is -0.146. The SMILES string of the molecule is CN(C(=O)CSc1nnc2n1CCCCC2)[C@@]1(c2ccccc2Cl)CCCCC1=O. The zero-order valence-corrected chi connectivity index (χ0v) is 18.8. The molecule has 30 heavy (non-hydrogen) atoms. The Labute approximate surface area is 186 Å². The first-order chi connectivity index (χ1) is 14.5. The molecular weight excluding hydrogens is 420 g/mol. The van der Waals surface area contributed by atoms with E-state index in [1.165, 1.54) is 18.2 Å². The molecule has 1 amide bonds. The van der Waals surface area contributed by atoms with Crippen molar-refractivity contribution in [3.05, 3.63) is 40.7 Å². The van der Waals surface area contributed by atoms with Crippen molar-refractivity contribution in [3.8, 4) is 0 Å². The van der Waals surface area contributed by atoms with E-state index in [1.807, 2.05) is 18.2 Å². The topological polar surface area (TPSA) is 68.1 Å². The van der Waals surface area contributed by atoms with Gasteiger partial charge in [-0.1, -0.05) is 48.0 Å². The summed E-state index contributed by atoms with van der Waals surface area (Å²) in [4.78, 5) is 28.1. The zero-order valence-electron chi connectivity index (χ0n) is 17.3. The van der Waals surface area contributed by atoms with Gasteiger partial charge in [-0.05, 0) is 38.2 Å². The normalized spacial score (nSPS) is 21.7. The number of likely N-dealkylation sites (N-methyl/N-ethyl adjacent to an activating group) is 1. The standard InChI is InChI=1S/C22H27ClN4O2S/c1-26(20(29)15-30-21-25-24-19-12-3-2-8-14-27(19)21)22(13-7-6-11-18(22)28)16-9-4-5-10-17(16)23/h4-5,9-10H,2-3,6-8,11-15H2,1H3/t22-/m1/s1. The number of amides is 1. The number of rotatable bonds is 5. The maximum Gasteiger partial charge on any atom is 0.233 e. The van der Waals surface area contributed by atoms with E-state index in [-0.39, 0.29) is 17.4 Å². The van der Waals surface area contributed by atoms with E-state index in [9.17, 15) is 9.59 Å². The van der Waals surface area contributed by atoms with Gasteiger partial charge >= 0.3 is 0 Å². The number of halogens is 1. The Bertz CT molecular complexity index is 947. The Morgan fingerprint density at radius 1 is 1.17 bits per heavy atom. The molecule has 1 aromatic heterocycles. The van der Waals surface area contributed by atoms with Gasteiger partial charge < -0.3 is 9.47 Å². The third kappa shape index (κ3) is 3.89. The largest absolute Gasteiger partial charge is 0.328 e. The number of hydrogen-bond donors (Lipinski definition) is 0. The molecule has 4 rings (SSSR count). The Balaban J connectivity index is 1.56. The van der Waals surface area contributed by atoms with Crippen LogP contribution in [0.3, 0.4) is 0 Å². The molecule has 2 aliphatic rings. The van der Waals surface area contributed by atoms with Crippen molar-refractivity contribution in [2.75, 3.05) is 12.8 Å². The van der Waals surface area contributed by atoms with Crippen molar-refractivity contribution in [2.45, 2.75) is 68.6 Å². The minimum Gasteiger partial charge on any atom is -0.328 e. The maximum atomic E-state index is 13.3. The van der Waals surface area contributed by atoms with Gasteiger partial charge in [0, 0.05) is 37.0 Å². The van der Waals surface area contributed by atoms with Gasteiger partial charge in [0.25, 0.3) is 0 Å². The second kappa shape index (κ2) is 9.10. The van der Waals surface area contributed by atoms with Gasteiger partial charge in [0.05, 0.1) is 5.75 Å². The van der Waals surface area contributed by atoms with Crippen LogP contribution >= 0.6 is 23.4 Å². The molecule has 1 atom stereocenters. The predicted molar refractivity (Wildman–Crippen MR) is 118 cm³/mol. The number of carbonyl (C=O) groups excluding carboxylic acids is 2. The van der Waals surface area contributed by atoms with Crippen LogP contribution in [-0.4, -0.2) is 44.2 Å². The number of thioether (sulfide) groups is 1. The number of hydrogen-bond acceptors (Lipinski definition) is 5. The minimum absolute atomic E-state index is 0.0686. The van der Waals surface area contributed by atoms with Crippen molar-refractivity contribution in [3.63, 3.8) is 0 Å². The molecule has 2 aromatic rings. The number of Topliss-reactive ketones (excluding diaryl/α,β-unsaturated/α-hetero) is 1. The van der Waals surface area contributed by atoms with Crippen LogP contribution in [0.4, 0.5) is 0 Å². The summed E-state index contributed by atoms with van der Waals surface area (Å²) < 4.78 is 2.14. The van der Waals surface area contributed by atoms with Crippen LogP contribution < -0.4 is 0 Å². The first-order valence-electron chi connectivity index (χ1n) is 10.6. The molecule has 0 saturated heterocycles. The minimum atomic E-state index is -0.990. The van der Waals surface area contributed by atoms with Crippen molar-refractivity contribution in [2.24, 2.45) is 0 Å². The molecule has 1 aliphatic carbocycles. The molecule has 8 heteroatoms. The zero-order chi connectivity index (χ0) is 21.1. The van der Waals surface area contributed by atoms with E-state index in [4.69, 9.17) is 11.6 Å². The average Bonchev–Trinajstić information content (AvgIpc) is 2.98. The lowest BCUT2D eigenvalue weighted by atomic mass is 9.74. The highest BCUT2D eigenvalue weighted by Gasteiger charge is 2.47. The predicted octanol–water partition coefficient (Wildman–Crippen LogP) is 4.25. The first-order valence-corrected chi connectivity index (χ1v) is 12.0. The summed E-state index contributed by atoms with van der Waals surface area (Å²) in [6.45, 7) is 0.900. The monoisotopic (exact) mass is 446 g/mol. The van der Waals surface area contributed by atoms with E-state index < -0.39 is 5.54 Å². The molecule has 6 nitrogen and oxygen atoms in total. The van der Waals surface area contributed by atoms with Crippen molar-refractivity contribution >= 4 is 35.1 Å². The summed E-state index contributed by atoms with van der Waals surface area (Å²) in [6, 6.07) is 7.39. The molecule has 2 heterocycles. The maximum absolute atomic E-state index is 13.3. The molecule has 0 unspecified atom stereocenters. The Morgan fingerprint density at radius 2 is 1.97 bits per heavy atom. The van der Waals surface area contributed by atoms with Gasteiger partial charge in [0.15, 0.2) is 10.9 Å². The summed E-state index contributed by atoms with van der Waals surface area (Å²) in [6.07, 6.45) is 7.18. The molecule has 1 aromatic carbocycles. The Hall–Kier alpha value is -1.86. The van der Waals surface area contributed by atoms with Crippen molar-refractivity contribution < 1.29 is 9.59 Å². The molecule has 1 aliphatic heterocycles. The Kier molecular flexibility index (Phi) is 6.48. The molecule has 0 bridgehead atoms. The average molecular weight is 447 g/mol. The van der Waals surface area contributed by atoms with Crippen LogP contribution in [0.15, 0.2) is 29.4 Å². The summed E-state index contributed by atoms with van der Waals surface area (Å²) >= 11 is 7.90. The van der Waals surface area contributed by atoms with Crippen LogP contribution in [0, 0.1) is 0 Å². The number of fused-ring (bicyclic) bond motifs is 1. The third-order valence-electron chi connectivity index (χ3n) is 6.32. The number of ketones is 1. The van der Waals surface area contributed by atoms with Gasteiger partial charge in [0.2, 0.25) is 5.91 Å². The highest BCUT2D eigenvalue weighted by Crippen LogP contribution is 2.42. The lowest BCUT2D eigenvalue weighted by Gasteiger charge is -2.44. The van der Waals surface area contributed by atoms with Crippen molar-refractivity contribution in [1.29, 1.82) is 0 Å². The van der Waals surface area contributed by atoms with Crippen LogP contribution in [0.5, 0.6) is 0 Å². The molecule has 0 radical (unpaired) electrons. The number of carbonyl (C=O) groups is 2. The summed E-state index contributed by atoms with van der Waals surface area (Å²) in [5.74, 6) is 1.19. The fourth-order valence-electron chi connectivity index (χ4n) is 4.63. The van der Waals surface area contributed by atoms with Crippen LogP contribution in [0.25, 0.3) is 0 Å². The van der Waals surface area contributed by atoms with Crippen LogP contribution in [-0.2, 0) is 28.1 Å². The molecule has 1 fully saturated rings. The van der Waals surface area contributed by atoms with Gasteiger partial charge in [-0.2, -0.15) is 0 Å². The van der Waals surface area contributed by atoms with Gasteiger partial charge in [0.1, 0.15) is 11.4 Å². The molecular formula is C22H27ClN4O2S. The van der Waals surface area contributed by atoms with E-state index in [1.54, 1.807) is 18.0 Å². The highest BCUT2D eigenvalue weighted by atomic mass is 35.5.